The molecule has 0 aliphatic carbocycles. The van der Waals surface area contributed by atoms with Crippen LogP contribution in [0.15, 0.2) is 6.07 Å². The number of anilines is 2. The lowest BCUT2D eigenvalue weighted by atomic mass is 10.4. The Bertz CT molecular complexity index is 213. The SMILES string of the molecule is CCc1nc(N)cc(N)n1. The number of nitrogens with zero attached hydrogens (tertiary/aromatic N) is 2. The zero-order chi connectivity index (χ0) is 7.56. The molecule has 54 valence electrons. The predicted molar refractivity (Wildman–Crippen MR) is 40.2 cm³/mol. The van der Waals surface area contributed by atoms with Gasteiger partial charge in [0.1, 0.15) is 17.5 Å². The molecule has 4 N–H and O–H groups in total. The highest BCUT2D eigenvalue weighted by molar-refractivity contribution is 5.40. The summed E-state index contributed by atoms with van der Waals surface area (Å²) in [6, 6.07) is 1.54. The molecule has 0 saturated heterocycles. The maximum absolute atomic E-state index is 5.40. The number of aryl methyl sites for hydroxylation is 1. The molecule has 1 aromatic heterocycles. The summed E-state index contributed by atoms with van der Waals surface area (Å²) >= 11 is 0. The van der Waals surface area contributed by atoms with Crippen LogP contribution in [0.1, 0.15) is 12.7 Å². The fraction of sp³-hybridized carbons (Fsp3) is 0.333. The first-order valence-corrected chi connectivity index (χ1v) is 3.11. The summed E-state index contributed by atoms with van der Waals surface area (Å²) in [6.07, 6.45) is 0.759. The van der Waals surface area contributed by atoms with Crippen molar-refractivity contribution in [3.63, 3.8) is 0 Å². The van der Waals surface area contributed by atoms with Gasteiger partial charge in [-0.15, -0.1) is 0 Å². The molecular weight excluding hydrogens is 128 g/mol. The average molecular weight is 138 g/mol. The van der Waals surface area contributed by atoms with Gasteiger partial charge in [-0.05, 0) is 0 Å². The van der Waals surface area contributed by atoms with Crippen molar-refractivity contribution in [3.8, 4) is 0 Å². The Morgan fingerprint density at radius 3 is 2.20 bits per heavy atom. The molecule has 0 unspecified atom stereocenters. The Morgan fingerprint density at radius 1 is 1.30 bits per heavy atom. The molecule has 1 rings (SSSR count). The van der Waals surface area contributed by atoms with E-state index in [4.69, 9.17) is 11.5 Å². The summed E-state index contributed by atoms with van der Waals surface area (Å²) in [4.78, 5) is 7.88. The fourth-order valence-corrected chi connectivity index (χ4v) is 0.697. The van der Waals surface area contributed by atoms with E-state index in [1.165, 1.54) is 0 Å². The summed E-state index contributed by atoms with van der Waals surface area (Å²) in [6.45, 7) is 1.95. The van der Waals surface area contributed by atoms with Gasteiger partial charge in [-0.2, -0.15) is 0 Å². The summed E-state index contributed by atoms with van der Waals surface area (Å²) in [5, 5.41) is 0. The first-order chi connectivity index (χ1) is 4.72. The van der Waals surface area contributed by atoms with Gasteiger partial charge in [0.2, 0.25) is 0 Å². The molecule has 0 radical (unpaired) electrons. The fourth-order valence-electron chi connectivity index (χ4n) is 0.697. The molecule has 1 aromatic rings. The van der Waals surface area contributed by atoms with Gasteiger partial charge in [-0.3, -0.25) is 0 Å². The maximum atomic E-state index is 5.40. The third-order valence-corrected chi connectivity index (χ3v) is 1.13. The van der Waals surface area contributed by atoms with E-state index in [9.17, 15) is 0 Å². The average Bonchev–Trinajstić information content (AvgIpc) is 1.85. The molecule has 10 heavy (non-hydrogen) atoms. The largest absolute Gasteiger partial charge is 0.384 e. The number of nitrogen functional groups attached to an aromatic ring is 2. The van der Waals surface area contributed by atoms with Crippen molar-refractivity contribution in [1.29, 1.82) is 0 Å². The van der Waals surface area contributed by atoms with Crippen LogP contribution >= 0.6 is 0 Å². The number of hydrogen-bond donors (Lipinski definition) is 2. The van der Waals surface area contributed by atoms with Gasteiger partial charge in [0.25, 0.3) is 0 Å². The predicted octanol–water partition coefficient (Wildman–Crippen LogP) is 0.203. The van der Waals surface area contributed by atoms with Crippen molar-refractivity contribution in [3.05, 3.63) is 11.9 Å². The van der Waals surface area contributed by atoms with Crippen LogP contribution in [-0.2, 0) is 6.42 Å². The summed E-state index contributed by atoms with van der Waals surface area (Å²) < 4.78 is 0. The highest BCUT2D eigenvalue weighted by atomic mass is 15.0. The molecule has 0 atom stereocenters. The highest BCUT2D eigenvalue weighted by Gasteiger charge is 1.95. The standard InChI is InChI=1S/C6H10N4/c1-2-6-9-4(7)3-5(8)10-6/h3H,2H2,1H3,(H4,7,8,9,10). The highest BCUT2D eigenvalue weighted by Crippen LogP contribution is 2.03. The van der Waals surface area contributed by atoms with E-state index >= 15 is 0 Å². The van der Waals surface area contributed by atoms with Crippen LogP contribution in [0.25, 0.3) is 0 Å². The van der Waals surface area contributed by atoms with Gasteiger partial charge in [-0.25, -0.2) is 9.97 Å². The first-order valence-electron chi connectivity index (χ1n) is 3.11. The molecule has 0 fully saturated rings. The van der Waals surface area contributed by atoms with Gasteiger partial charge in [-0.1, -0.05) is 6.92 Å². The molecule has 0 amide bonds. The number of rotatable bonds is 1. The van der Waals surface area contributed by atoms with Crippen molar-refractivity contribution < 1.29 is 0 Å². The normalized spacial score (nSPS) is 9.70. The third kappa shape index (κ3) is 1.34. The smallest absolute Gasteiger partial charge is 0.132 e. The lowest BCUT2D eigenvalue weighted by molar-refractivity contribution is 0.950. The minimum Gasteiger partial charge on any atom is -0.384 e. The van der Waals surface area contributed by atoms with Crippen LogP contribution in [-0.4, -0.2) is 9.97 Å². The van der Waals surface area contributed by atoms with Gasteiger partial charge >= 0.3 is 0 Å². The monoisotopic (exact) mass is 138 g/mol. The van der Waals surface area contributed by atoms with Crippen LogP contribution in [0.3, 0.4) is 0 Å². The molecular formula is C6H10N4. The first kappa shape index (κ1) is 6.80. The van der Waals surface area contributed by atoms with Crippen molar-refractivity contribution in [1.82, 2.24) is 9.97 Å². The maximum Gasteiger partial charge on any atom is 0.132 e. The molecule has 0 bridgehead atoms. The van der Waals surface area contributed by atoms with Gasteiger partial charge in [0.05, 0.1) is 0 Å². The Morgan fingerprint density at radius 2 is 1.80 bits per heavy atom. The molecule has 4 heteroatoms. The second kappa shape index (κ2) is 2.51. The van der Waals surface area contributed by atoms with Crippen LogP contribution < -0.4 is 11.5 Å². The summed E-state index contributed by atoms with van der Waals surface area (Å²) in [5.74, 6) is 1.56. The van der Waals surface area contributed by atoms with E-state index in [0.29, 0.717) is 17.5 Å². The Kier molecular flexibility index (Phi) is 1.71. The molecule has 0 aromatic carbocycles. The summed E-state index contributed by atoms with van der Waals surface area (Å²) in [5.41, 5.74) is 10.8. The van der Waals surface area contributed by atoms with Crippen molar-refractivity contribution in [2.24, 2.45) is 0 Å². The van der Waals surface area contributed by atoms with E-state index < -0.39 is 0 Å². The summed E-state index contributed by atoms with van der Waals surface area (Å²) in [7, 11) is 0. The third-order valence-electron chi connectivity index (χ3n) is 1.13. The van der Waals surface area contributed by atoms with E-state index in [1.54, 1.807) is 6.07 Å². The second-order valence-electron chi connectivity index (χ2n) is 1.99. The van der Waals surface area contributed by atoms with Crippen molar-refractivity contribution in [2.75, 3.05) is 11.5 Å². The molecule has 0 saturated carbocycles. The van der Waals surface area contributed by atoms with Crippen molar-refractivity contribution in [2.45, 2.75) is 13.3 Å². The zero-order valence-corrected chi connectivity index (χ0v) is 5.83. The lowest BCUT2D eigenvalue weighted by Crippen LogP contribution is -2.01. The van der Waals surface area contributed by atoms with E-state index in [1.807, 2.05) is 6.92 Å². The second-order valence-corrected chi connectivity index (χ2v) is 1.99. The van der Waals surface area contributed by atoms with Gasteiger partial charge in [0, 0.05) is 12.5 Å². The van der Waals surface area contributed by atoms with E-state index in [-0.39, 0.29) is 0 Å². The lowest BCUT2D eigenvalue weighted by Gasteiger charge is -1.97. The zero-order valence-electron chi connectivity index (χ0n) is 5.83. The Hall–Kier alpha value is -1.32. The Labute approximate surface area is 59.3 Å². The van der Waals surface area contributed by atoms with E-state index in [0.717, 1.165) is 6.42 Å². The molecule has 1 heterocycles. The van der Waals surface area contributed by atoms with Crippen molar-refractivity contribution >= 4 is 11.6 Å². The van der Waals surface area contributed by atoms with Gasteiger partial charge in [0.15, 0.2) is 0 Å². The molecule has 0 aliphatic rings. The van der Waals surface area contributed by atoms with Crippen LogP contribution in [0.2, 0.25) is 0 Å². The number of nitrogens with two attached hydrogens (primary N) is 2. The van der Waals surface area contributed by atoms with E-state index in [2.05, 4.69) is 9.97 Å². The molecule has 0 aliphatic heterocycles. The van der Waals surface area contributed by atoms with Crippen LogP contribution in [0.4, 0.5) is 11.6 Å². The van der Waals surface area contributed by atoms with Crippen LogP contribution in [0, 0.1) is 0 Å². The van der Waals surface area contributed by atoms with Gasteiger partial charge < -0.3 is 11.5 Å². The Balaban J connectivity index is 3.06. The minimum atomic E-state index is 0.435. The topological polar surface area (TPSA) is 77.8 Å². The number of hydrogen-bond acceptors (Lipinski definition) is 4. The molecule has 4 nitrogen and oxygen atoms in total. The minimum absolute atomic E-state index is 0.435. The molecule has 0 spiro atoms. The number of aromatic nitrogens is 2. The van der Waals surface area contributed by atoms with Crippen LogP contribution in [0.5, 0.6) is 0 Å². The quantitative estimate of drug-likeness (QED) is 0.581.